The van der Waals surface area contributed by atoms with Crippen molar-refractivity contribution in [2.24, 2.45) is 0 Å². The summed E-state index contributed by atoms with van der Waals surface area (Å²) in [7, 11) is -3.31. The number of benzene rings is 2. The number of hydrogen-bond acceptors (Lipinski definition) is 3. The maximum atomic E-state index is 12.6. The Labute approximate surface area is 152 Å². The highest BCUT2D eigenvalue weighted by Crippen LogP contribution is 2.29. The molecule has 25 heavy (non-hydrogen) atoms. The lowest BCUT2D eigenvalue weighted by Gasteiger charge is -2.18. The average molecular weight is 379 g/mol. The first-order chi connectivity index (χ1) is 11.8. The number of nitrogens with zero attached hydrogens (tertiary/aromatic N) is 1. The SMILES string of the molecule is Cc1cc(C)cc(NC(=O)c2cc(N3CCCS3(=O)=O)ccc2Cl)c1. The van der Waals surface area contributed by atoms with E-state index in [-0.39, 0.29) is 22.2 Å². The van der Waals surface area contributed by atoms with Crippen molar-refractivity contribution in [3.05, 3.63) is 58.1 Å². The number of amides is 1. The molecule has 0 atom stereocenters. The van der Waals surface area contributed by atoms with Gasteiger partial charge in [0, 0.05) is 12.2 Å². The predicted molar refractivity (Wildman–Crippen MR) is 101 cm³/mol. The van der Waals surface area contributed by atoms with Gasteiger partial charge >= 0.3 is 0 Å². The first kappa shape index (κ1) is 17.8. The van der Waals surface area contributed by atoms with Crippen LogP contribution in [-0.4, -0.2) is 26.6 Å². The van der Waals surface area contributed by atoms with E-state index < -0.39 is 10.0 Å². The molecule has 1 saturated heterocycles. The van der Waals surface area contributed by atoms with Crippen LogP contribution in [0.5, 0.6) is 0 Å². The van der Waals surface area contributed by atoms with Crippen LogP contribution >= 0.6 is 11.6 Å². The van der Waals surface area contributed by atoms with Gasteiger partial charge in [-0.15, -0.1) is 0 Å². The molecular formula is C18H19ClN2O3S. The van der Waals surface area contributed by atoms with E-state index in [0.717, 1.165) is 11.1 Å². The Balaban J connectivity index is 1.91. The summed E-state index contributed by atoms with van der Waals surface area (Å²) in [5.74, 6) is -0.242. The fraction of sp³-hybridized carbons (Fsp3) is 0.278. The number of carbonyl (C=O) groups excluding carboxylic acids is 1. The van der Waals surface area contributed by atoms with Crippen LogP contribution in [0.15, 0.2) is 36.4 Å². The van der Waals surface area contributed by atoms with Crippen molar-refractivity contribution >= 4 is 38.9 Å². The van der Waals surface area contributed by atoms with E-state index in [4.69, 9.17) is 11.6 Å². The van der Waals surface area contributed by atoms with E-state index in [1.54, 1.807) is 12.1 Å². The Morgan fingerprint density at radius 1 is 1.12 bits per heavy atom. The number of nitrogens with one attached hydrogen (secondary N) is 1. The molecule has 2 aromatic rings. The van der Waals surface area contributed by atoms with Crippen molar-refractivity contribution in [1.29, 1.82) is 0 Å². The molecular weight excluding hydrogens is 360 g/mol. The molecule has 0 spiro atoms. The summed E-state index contributed by atoms with van der Waals surface area (Å²) in [6, 6.07) is 10.5. The molecule has 7 heteroatoms. The van der Waals surface area contributed by atoms with Gasteiger partial charge in [-0.2, -0.15) is 0 Å². The Morgan fingerprint density at radius 2 is 1.80 bits per heavy atom. The minimum atomic E-state index is -3.31. The number of halogens is 1. The second-order valence-electron chi connectivity index (χ2n) is 6.24. The zero-order valence-corrected chi connectivity index (χ0v) is 15.6. The topological polar surface area (TPSA) is 66.5 Å². The van der Waals surface area contributed by atoms with Crippen LogP contribution in [0.25, 0.3) is 0 Å². The lowest BCUT2D eigenvalue weighted by molar-refractivity contribution is 0.102. The highest BCUT2D eigenvalue weighted by Gasteiger charge is 2.29. The van der Waals surface area contributed by atoms with Crippen LogP contribution < -0.4 is 9.62 Å². The largest absolute Gasteiger partial charge is 0.322 e. The van der Waals surface area contributed by atoms with E-state index >= 15 is 0 Å². The van der Waals surface area contributed by atoms with Crippen LogP contribution in [0, 0.1) is 13.8 Å². The summed E-state index contributed by atoms with van der Waals surface area (Å²) < 4.78 is 25.5. The van der Waals surface area contributed by atoms with Crippen LogP contribution in [0.3, 0.4) is 0 Å². The highest BCUT2D eigenvalue weighted by molar-refractivity contribution is 7.93. The van der Waals surface area contributed by atoms with Crippen LogP contribution in [-0.2, 0) is 10.0 Å². The van der Waals surface area contributed by atoms with Crippen molar-refractivity contribution in [3.63, 3.8) is 0 Å². The Morgan fingerprint density at radius 3 is 2.40 bits per heavy atom. The third kappa shape index (κ3) is 3.80. The van der Waals surface area contributed by atoms with Crippen LogP contribution in [0.2, 0.25) is 5.02 Å². The van der Waals surface area contributed by atoms with Gasteiger partial charge in [-0.05, 0) is 61.7 Å². The summed E-state index contributed by atoms with van der Waals surface area (Å²) in [5, 5.41) is 3.11. The van der Waals surface area contributed by atoms with Crippen molar-refractivity contribution in [3.8, 4) is 0 Å². The van der Waals surface area contributed by atoms with E-state index in [0.29, 0.717) is 24.3 Å². The van der Waals surface area contributed by atoms with Gasteiger partial charge in [-0.1, -0.05) is 17.7 Å². The van der Waals surface area contributed by atoms with Gasteiger partial charge < -0.3 is 5.32 Å². The van der Waals surface area contributed by atoms with Crippen LogP contribution in [0.1, 0.15) is 27.9 Å². The highest BCUT2D eigenvalue weighted by atomic mass is 35.5. The van der Waals surface area contributed by atoms with Crippen molar-refractivity contribution in [2.75, 3.05) is 21.9 Å². The van der Waals surface area contributed by atoms with Gasteiger partial charge in [0.25, 0.3) is 5.91 Å². The molecule has 0 radical (unpaired) electrons. The molecule has 0 bridgehead atoms. The average Bonchev–Trinajstić information content (AvgIpc) is 2.86. The first-order valence-corrected chi connectivity index (χ1v) is 9.94. The maximum Gasteiger partial charge on any atom is 0.257 e. The molecule has 1 amide bonds. The second kappa shape index (κ2) is 6.69. The molecule has 1 N–H and O–H groups in total. The molecule has 1 heterocycles. The van der Waals surface area contributed by atoms with E-state index in [9.17, 15) is 13.2 Å². The van der Waals surface area contributed by atoms with Gasteiger partial charge in [0.1, 0.15) is 0 Å². The number of carbonyl (C=O) groups is 1. The van der Waals surface area contributed by atoms with Gasteiger partial charge in [0.05, 0.1) is 22.0 Å². The lowest BCUT2D eigenvalue weighted by atomic mass is 10.1. The molecule has 0 unspecified atom stereocenters. The fourth-order valence-electron chi connectivity index (χ4n) is 3.02. The maximum absolute atomic E-state index is 12.6. The fourth-order valence-corrected chi connectivity index (χ4v) is 4.78. The Hall–Kier alpha value is -2.05. The first-order valence-electron chi connectivity index (χ1n) is 7.96. The molecule has 5 nitrogen and oxygen atoms in total. The molecule has 2 aromatic carbocycles. The number of anilines is 2. The number of aryl methyl sites for hydroxylation is 2. The minimum absolute atomic E-state index is 0.125. The molecule has 3 rings (SSSR count). The third-order valence-corrected chi connectivity index (χ3v) is 6.26. The molecule has 1 fully saturated rings. The number of sulfonamides is 1. The molecule has 0 saturated carbocycles. The van der Waals surface area contributed by atoms with E-state index in [2.05, 4.69) is 5.32 Å². The summed E-state index contributed by atoms with van der Waals surface area (Å²) in [6.45, 7) is 4.32. The zero-order valence-electron chi connectivity index (χ0n) is 14.0. The summed E-state index contributed by atoms with van der Waals surface area (Å²) >= 11 is 6.17. The van der Waals surface area contributed by atoms with Gasteiger partial charge in [0.2, 0.25) is 10.0 Å². The van der Waals surface area contributed by atoms with E-state index in [1.807, 2.05) is 32.0 Å². The molecule has 0 aliphatic carbocycles. The number of hydrogen-bond donors (Lipinski definition) is 1. The Bertz CT molecular complexity index is 921. The Kier molecular flexibility index (Phi) is 4.75. The monoisotopic (exact) mass is 378 g/mol. The van der Waals surface area contributed by atoms with Crippen molar-refractivity contribution in [2.45, 2.75) is 20.3 Å². The summed E-state index contributed by atoms with van der Waals surface area (Å²) in [4.78, 5) is 12.6. The lowest BCUT2D eigenvalue weighted by Crippen LogP contribution is -2.25. The molecule has 0 aromatic heterocycles. The predicted octanol–water partition coefficient (Wildman–Crippen LogP) is 3.75. The van der Waals surface area contributed by atoms with E-state index in [1.165, 1.54) is 10.4 Å². The van der Waals surface area contributed by atoms with Crippen molar-refractivity contribution < 1.29 is 13.2 Å². The normalized spacial score (nSPS) is 16.0. The smallest absolute Gasteiger partial charge is 0.257 e. The molecule has 1 aliphatic rings. The summed E-state index contributed by atoms with van der Waals surface area (Å²) in [5.41, 5.74) is 3.47. The molecule has 1 aliphatic heterocycles. The second-order valence-corrected chi connectivity index (χ2v) is 8.66. The van der Waals surface area contributed by atoms with Crippen molar-refractivity contribution in [1.82, 2.24) is 0 Å². The third-order valence-electron chi connectivity index (χ3n) is 4.06. The standard InChI is InChI=1S/C18H19ClN2O3S/c1-12-8-13(2)10-14(9-12)20-18(22)16-11-15(4-5-17(16)19)21-6-3-7-25(21,23)24/h4-5,8-11H,3,6-7H2,1-2H3,(H,20,22). The number of rotatable bonds is 3. The summed E-state index contributed by atoms with van der Waals surface area (Å²) in [6.07, 6.45) is 0.578. The zero-order chi connectivity index (χ0) is 18.2. The van der Waals surface area contributed by atoms with Gasteiger partial charge in [0.15, 0.2) is 0 Å². The van der Waals surface area contributed by atoms with Gasteiger partial charge in [-0.25, -0.2) is 8.42 Å². The quantitative estimate of drug-likeness (QED) is 0.884. The molecule has 132 valence electrons. The minimum Gasteiger partial charge on any atom is -0.322 e. The van der Waals surface area contributed by atoms with Crippen LogP contribution in [0.4, 0.5) is 11.4 Å². The van der Waals surface area contributed by atoms with Gasteiger partial charge in [-0.3, -0.25) is 9.10 Å².